The van der Waals surface area contributed by atoms with E-state index < -0.39 is 0 Å². The maximum Gasteiger partial charge on any atom is 0.136 e. The Hall–Kier alpha value is -0.580. The molecule has 1 fully saturated rings. The van der Waals surface area contributed by atoms with E-state index in [2.05, 4.69) is 32.0 Å². The molecule has 0 atom stereocenters. The number of halogens is 2. The average molecular weight is 356 g/mol. The first kappa shape index (κ1) is 13.4. The fourth-order valence-electron chi connectivity index (χ4n) is 1.74. The fourth-order valence-corrected chi connectivity index (χ4v) is 3.41. The minimum atomic E-state index is 0.511. The summed E-state index contributed by atoms with van der Waals surface area (Å²) in [5.41, 5.74) is 0.951. The Balaban J connectivity index is 1.98. The molecule has 1 aliphatic carbocycles. The maximum absolute atomic E-state index is 6.22. The first-order valence-corrected chi connectivity index (χ1v) is 8.10. The van der Waals surface area contributed by atoms with Gasteiger partial charge in [-0.2, -0.15) is 0 Å². The highest BCUT2D eigenvalue weighted by Crippen LogP contribution is 2.41. The van der Waals surface area contributed by atoms with Crippen molar-refractivity contribution in [1.82, 2.24) is 9.97 Å². The summed E-state index contributed by atoms with van der Waals surface area (Å²) in [5.74, 6) is 1.40. The number of nitrogens with zero attached hydrogens (tertiary/aromatic N) is 2. The minimum Gasteiger partial charge on any atom is -0.226 e. The zero-order valence-corrected chi connectivity index (χ0v) is 13.5. The Labute approximate surface area is 130 Å². The smallest absolute Gasteiger partial charge is 0.136 e. The van der Waals surface area contributed by atoms with Crippen LogP contribution in [-0.2, 0) is 0 Å². The third kappa shape index (κ3) is 2.96. The van der Waals surface area contributed by atoms with Crippen molar-refractivity contribution in [2.75, 3.05) is 0 Å². The molecule has 0 aliphatic heterocycles. The van der Waals surface area contributed by atoms with Crippen LogP contribution in [0, 0.1) is 6.92 Å². The minimum absolute atomic E-state index is 0.511. The Morgan fingerprint density at radius 3 is 2.68 bits per heavy atom. The van der Waals surface area contributed by atoms with Crippen LogP contribution in [0.1, 0.15) is 30.1 Å². The van der Waals surface area contributed by atoms with Gasteiger partial charge in [0.1, 0.15) is 16.0 Å². The quantitative estimate of drug-likeness (QED) is 0.705. The van der Waals surface area contributed by atoms with Crippen molar-refractivity contribution in [3.05, 3.63) is 45.3 Å². The molecule has 98 valence electrons. The number of aromatic nitrogens is 2. The van der Waals surface area contributed by atoms with Gasteiger partial charge in [0.05, 0.1) is 0 Å². The van der Waals surface area contributed by atoms with Crippen molar-refractivity contribution in [3.63, 3.8) is 0 Å². The molecule has 3 rings (SSSR count). The molecule has 0 N–H and O–H groups in total. The summed E-state index contributed by atoms with van der Waals surface area (Å²) in [4.78, 5) is 10.2. The normalized spacial score (nSPS) is 14.7. The van der Waals surface area contributed by atoms with Crippen LogP contribution < -0.4 is 0 Å². The third-order valence-electron chi connectivity index (χ3n) is 3.04. The van der Waals surface area contributed by atoms with Gasteiger partial charge >= 0.3 is 0 Å². The summed E-state index contributed by atoms with van der Waals surface area (Å²) < 4.78 is 1.07. The molecule has 1 aromatic heterocycles. The molecular weight excluding hydrogens is 344 g/mol. The first-order chi connectivity index (χ1) is 9.15. The van der Waals surface area contributed by atoms with Crippen molar-refractivity contribution in [2.24, 2.45) is 0 Å². The van der Waals surface area contributed by atoms with E-state index in [4.69, 9.17) is 11.6 Å². The topological polar surface area (TPSA) is 25.8 Å². The molecule has 2 aromatic rings. The lowest BCUT2D eigenvalue weighted by Gasteiger charge is -2.09. The SMILES string of the molecule is Cc1c(Cl)nc(C2CC2)nc1Sc1ccccc1Br. The van der Waals surface area contributed by atoms with Gasteiger partial charge in [0.2, 0.25) is 0 Å². The van der Waals surface area contributed by atoms with Crippen LogP contribution in [0.3, 0.4) is 0 Å². The molecule has 0 radical (unpaired) electrons. The van der Waals surface area contributed by atoms with Crippen LogP contribution in [0.25, 0.3) is 0 Å². The molecule has 1 heterocycles. The number of hydrogen-bond donors (Lipinski definition) is 0. The Morgan fingerprint density at radius 2 is 2.00 bits per heavy atom. The van der Waals surface area contributed by atoms with Gasteiger partial charge in [0, 0.05) is 20.8 Å². The first-order valence-electron chi connectivity index (χ1n) is 6.11. The van der Waals surface area contributed by atoms with Gasteiger partial charge in [-0.25, -0.2) is 9.97 Å². The van der Waals surface area contributed by atoms with Gasteiger partial charge in [-0.05, 0) is 47.8 Å². The molecule has 0 bridgehead atoms. The summed E-state index contributed by atoms with van der Waals surface area (Å²) in [7, 11) is 0. The van der Waals surface area contributed by atoms with Gasteiger partial charge < -0.3 is 0 Å². The number of benzene rings is 1. The van der Waals surface area contributed by atoms with E-state index in [1.165, 1.54) is 12.8 Å². The van der Waals surface area contributed by atoms with Gasteiger partial charge in [-0.15, -0.1) is 0 Å². The van der Waals surface area contributed by atoms with Crippen LogP contribution in [0.2, 0.25) is 5.15 Å². The third-order valence-corrected chi connectivity index (χ3v) is 5.53. The van der Waals surface area contributed by atoms with E-state index in [1.54, 1.807) is 11.8 Å². The predicted molar refractivity (Wildman–Crippen MR) is 82.0 cm³/mol. The molecular formula is C14H12BrClN2S. The molecule has 0 spiro atoms. The molecule has 19 heavy (non-hydrogen) atoms. The molecule has 0 saturated heterocycles. The second-order valence-corrected chi connectivity index (χ2v) is 6.85. The zero-order chi connectivity index (χ0) is 13.4. The van der Waals surface area contributed by atoms with Crippen molar-refractivity contribution in [1.29, 1.82) is 0 Å². The average Bonchev–Trinajstić information content (AvgIpc) is 3.21. The van der Waals surface area contributed by atoms with Gasteiger partial charge in [0.15, 0.2) is 0 Å². The summed E-state index contributed by atoms with van der Waals surface area (Å²) in [6.07, 6.45) is 2.36. The van der Waals surface area contributed by atoms with Crippen molar-refractivity contribution >= 4 is 39.3 Å². The highest BCUT2D eigenvalue weighted by molar-refractivity contribution is 9.10. The van der Waals surface area contributed by atoms with E-state index >= 15 is 0 Å². The van der Waals surface area contributed by atoms with Gasteiger partial charge in [0.25, 0.3) is 0 Å². The summed E-state index contributed by atoms with van der Waals surface area (Å²) in [5, 5.41) is 1.53. The van der Waals surface area contributed by atoms with Crippen LogP contribution in [0.15, 0.2) is 38.7 Å². The summed E-state index contributed by atoms with van der Waals surface area (Å²) in [6, 6.07) is 8.12. The van der Waals surface area contributed by atoms with E-state index in [9.17, 15) is 0 Å². The molecule has 1 aromatic carbocycles. The monoisotopic (exact) mass is 354 g/mol. The summed E-state index contributed by atoms with van der Waals surface area (Å²) in [6.45, 7) is 1.97. The zero-order valence-electron chi connectivity index (χ0n) is 10.4. The molecule has 2 nitrogen and oxygen atoms in total. The van der Waals surface area contributed by atoms with Crippen LogP contribution in [0.5, 0.6) is 0 Å². The second-order valence-electron chi connectivity index (χ2n) is 4.61. The van der Waals surface area contributed by atoms with E-state index in [-0.39, 0.29) is 0 Å². The van der Waals surface area contributed by atoms with Crippen molar-refractivity contribution in [3.8, 4) is 0 Å². The van der Waals surface area contributed by atoms with Gasteiger partial charge in [-0.3, -0.25) is 0 Å². The number of hydrogen-bond acceptors (Lipinski definition) is 3. The second kappa shape index (κ2) is 5.43. The lowest BCUT2D eigenvalue weighted by Crippen LogP contribution is -1.98. The lowest BCUT2D eigenvalue weighted by atomic mass is 10.3. The Bertz CT molecular complexity index is 629. The van der Waals surface area contributed by atoms with Crippen LogP contribution >= 0.6 is 39.3 Å². The molecule has 5 heteroatoms. The molecule has 1 saturated carbocycles. The highest BCUT2D eigenvalue weighted by Gasteiger charge is 2.28. The van der Waals surface area contributed by atoms with E-state index in [0.29, 0.717) is 11.1 Å². The molecule has 0 amide bonds. The van der Waals surface area contributed by atoms with E-state index in [0.717, 1.165) is 25.8 Å². The predicted octanol–water partition coefficient (Wildman–Crippen LogP) is 5.23. The van der Waals surface area contributed by atoms with Crippen molar-refractivity contribution in [2.45, 2.75) is 35.6 Å². The molecule has 0 unspecified atom stereocenters. The Kier molecular flexibility index (Phi) is 3.83. The largest absolute Gasteiger partial charge is 0.226 e. The van der Waals surface area contributed by atoms with E-state index in [1.807, 2.05) is 25.1 Å². The lowest BCUT2D eigenvalue weighted by molar-refractivity contribution is 0.862. The molecule has 1 aliphatic rings. The Morgan fingerprint density at radius 1 is 1.26 bits per heavy atom. The number of rotatable bonds is 3. The van der Waals surface area contributed by atoms with Crippen LogP contribution in [0.4, 0.5) is 0 Å². The standard InChI is InChI=1S/C14H12BrClN2S/c1-8-12(16)17-13(9-6-7-9)18-14(8)19-11-5-3-2-4-10(11)15/h2-5,9H,6-7H2,1H3. The maximum atomic E-state index is 6.22. The van der Waals surface area contributed by atoms with Crippen LogP contribution in [-0.4, -0.2) is 9.97 Å². The summed E-state index contributed by atoms with van der Waals surface area (Å²) >= 11 is 11.4. The van der Waals surface area contributed by atoms with Crippen molar-refractivity contribution < 1.29 is 0 Å². The van der Waals surface area contributed by atoms with Gasteiger partial charge in [-0.1, -0.05) is 35.5 Å². The highest BCUT2D eigenvalue weighted by atomic mass is 79.9. The fraction of sp³-hybridized carbons (Fsp3) is 0.286.